The Morgan fingerprint density at radius 3 is 2.85 bits per heavy atom. The van der Waals surface area contributed by atoms with Crippen LogP contribution in [0.15, 0.2) is 18.6 Å². The van der Waals surface area contributed by atoms with Crippen molar-refractivity contribution in [2.75, 3.05) is 20.2 Å². The number of carbonyl (C=O) groups is 1. The van der Waals surface area contributed by atoms with Gasteiger partial charge in [-0.1, -0.05) is 0 Å². The van der Waals surface area contributed by atoms with Crippen molar-refractivity contribution in [3.63, 3.8) is 0 Å². The Kier molecular flexibility index (Phi) is 4.35. The fourth-order valence-corrected chi connectivity index (χ4v) is 2.39. The molecule has 1 amide bonds. The van der Waals surface area contributed by atoms with Crippen molar-refractivity contribution >= 4 is 5.91 Å². The SMILES string of the molecule is COC(C)(C)C(=O)N1C[C@@H](Cc2cnccn2)[C@H](O)C1. The van der Waals surface area contributed by atoms with Crippen LogP contribution in [0.25, 0.3) is 0 Å². The van der Waals surface area contributed by atoms with Crippen molar-refractivity contribution in [2.45, 2.75) is 32.0 Å². The van der Waals surface area contributed by atoms with Crippen molar-refractivity contribution in [1.29, 1.82) is 0 Å². The van der Waals surface area contributed by atoms with Crippen LogP contribution in [-0.2, 0) is 16.0 Å². The number of hydrogen-bond donors (Lipinski definition) is 1. The molecule has 6 nitrogen and oxygen atoms in total. The van der Waals surface area contributed by atoms with E-state index in [-0.39, 0.29) is 11.8 Å². The largest absolute Gasteiger partial charge is 0.391 e. The molecule has 1 aliphatic rings. The van der Waals surface area contributed by atoms with E-state index in [1.807, 2.05) is 0 Å². The molecule has 2 atom stereocenters. The number of hydrogen-bond acceptors (Lipinski definition) is 5. The molecule has 0 bridgehead atoms. The summed E-state index contributed by atoms with van der Waals surface area (Å²) in [5, 5.41) is 10.1. The monoisotopic (exact) mass is 279 g/mol. The lowest BCUT2D eigenvalue weighted by atomic mass is 10.0. The molecular formula is C14H21N3O3. The predicted octanol–water partition coefficient (Wildman–Crippen LogP) is 0.263. The second-order valence-corrected chi connectivity index (χ2v) is 5.65. The summed E-state index contributed by atoms with van der Waals surface area (Å²) < 4.78 is 5.21. The third-order valence-electron chi connectivity index (χ3n) is 3.81. The van der Waals surface area contributed by atoms with Gasteiger partial charge in [-0.15, -0.1) is 0 Å². The van der Waals surface area contributed by atoms with Gasteiger partial charge in [0.2, 0.25) is 0 Å². The van der Waals surface area contributed by atoms with Gasteiger partial charge in [0, 0.05) is 44.7 Å². The van der Waals surface area contributed by atoms with Crippen molar-refractivity contribution in [3.05, 3.63) is 24.3 Å². The number of rotatable bonds is 4. The molecule has 0 radical (unpaired) electrons. The van der Waals surface area contributed by atoms with Gasteiger partial charge in [0.15, 0.2) is 0 Å². The van der Waals surface area contributed by atoms with Crippen molar-refractivity contribution in [1.82, 2.24) is 14.9 Å². The minimum Gasteiger partial charge on any atom is -0.391 e. The molecule has 2 rings (SSSR count). The summed E-state index contributed by atoms with van der Waals surface area (Å²) in [4.78, 5) is 22.2. The summed E-state index contributed by atoms with van der Waals surface area (Å²) in [7, 11) is 1.52. The van der Waals surface area contributed by atoms with Gasteiger partial charge in [0.1, 0.15) is 5.60 Å². The van der Waals surface area contributed by atoms with Crippen LogP contribution in [-0.4, -0.2) is 57.8 Å². The fraction of sp³-hybridized carbons (Fsp3) is 0.643. The highest BCUT2D eigenvalue weighted by atomic mass is 16.5. The molecule has 0 spiro atoms. The number of amides is 1. The summed E-state index contributed by atoms with van der Waals surface area (Å²) in [6.45, 7) is 4.33. The Balaban J connectivity index is 2.01. The number of likely N-dealkylation sites (tertiary alicyclic amines) is 1. The molecule has 1 fully saturated rings. The highest BCUT2D eigenvalue weighted by Crippen LogP contribution is 2.24. The Morgan fingerprint density at radius 2 is 2.25 bits per heavy atom. The highest BCUT2D eigenvalue weighted by molar-refractivity contribution is 5.84. The third-order valence-corrected chi connectivity index (χ3v) is 3.81. The smallest absolute Gasteiger partial charge is 0.254 e. The van der Waals surface area contributed by atoms with Crippen LogP contribution in [0.5, 0.6) is 0 Å². The van der Waals surface area contributed by atoms with Gasteiger partial charge in [0.05, 0.1) is 11.8 Å². The van der Waals surface area contributed by atoms with Crippen LogP contribution in [0.1, 0.15) is 19.5 Å². The van der Waals surface area contributed by atoms with E-state index in [0.29, 0.717) is 19.5 Å². The quantitative estimate of drug-likeness (QED) is 0.856. The van der Waals surface area contributed by atoms with E-state index in [4.69, 9.17) is 4.74 Å². The van der Waals surface area contributed by atoms with Crippen LogP contribution in [0.2, 0.25) is 0 Å². The maximum atomic E-state index is 12.3. The Labute approximate surface area is 118 Å². The molecule has 1 aromatic heterocycles. The minimum absolute atomic E-state index is 0.0108. The van der Waals surface area contributed by atoms with Gasteiger partial charge in [-0.05, 0) is 20.3 Å². The molecule has 0 aliphatic carbocycles. The second-order valence-electron chi connectivity index (χ2n) is 5.65. The third kappa shape index (κ3) is 3.13. The first-order valence-electron chi connectivity index (χ1n) is 6.71. The van der Waals surface area contributed by atoms with Crippen LogP contribution in [0, 0.1) is 5.92 Å². The summed E-state index contributed by atoms with van der Waals surface area (Å²) >= 11 is 0. The zero-order chi connectivity index (χ0) is 14.8. The minimum atomic E-state index is -0.860. The molecule has 0 saturated carbocycles. The first-order chi connectivity index (χ1) is 9.44. The van der Waals surface area contributed by atoms with Crippen LogP contribution >= 0.6 is 0 Å². The van der Waals surface area contributed by atoms with E-state index >= 15 is 0 Å². The zero-order valence-corrected chi connectivity index (χ0v) is 12.1. The van der Waals surface area contributed by atoms with E-state index in [1.165, 1.54) is 7.11 Å². The molecule has 1 N–H and O–H groups in total. The number of carbonyl (C=O) groups excluding carboxylic acids is 1. The summed E-state index contributed by atoms with van der Waals surface area (Å²) in [5.74, 6) is -0.107. The van der Waals surface area contributed by atoms with Crippen LogP contribution in [0.3, 0.4) is 0 Å². The van der Waals surface area contributed by atoms with E-state index < -0.39 is 11.7 Å². The lowest BCUT2D eigenvalue weighted by molar-refractivity contribution is -0.150. The van der Waals surface area contributed by atoms with E-state index in [2.05, 4.69) is 9.97 Å². The molecule has 2 heterocycles. The van der Waals surface area contributed by atoms with Crippen molar-refractivity contribution in [2.24, 2.45) is 5.92 Å². The lowest BCUT2D eigenvalue weighted by Crippen LogP contribution is -2.45. The molecule has 0 unspecified atom stereocenters. The standard InChI is InChI=1S/C14H21N3O3/c1-14(2,20-3)13(19)17-8-10(12(18)9-17)6-11-7-15-4-5-16-11/h4-5,7,10,12,18H,6,8-9H2,1-3H3/t10-,12-/m1/s1. The van der Waals surface area contributed by atoms with Gasteiger partial charge >= 0.3 is 0 Å². The summed E-state index contributed by atoms with van der Waals surface area (Å²) in [5.41, 5.74) is -0.0295. The molecule has 0 aromatic carbocycles. The number of aromatic nitrogens is 2. The van der Waals surface area contributed by atoms with Gasteiger partial charge in [-0.2, -0.15) is 0 Å². The number of aliphatic hydroxyl groups is 1. The van der Waals surface area contributed by atoms with Gasteiger partial charge < -0.3 is 14.7 Å². The van der Waals surface area contributed by atoms with Crippen LogP contribution in [0.4, 0.5) is 0 Å². The van der Waals surface area contributed by atoms with Crippen molar-refractivity contribution in [3.8, 4) is 0 Å². The molecule has 1 saturated heterocycles. The maximum absolute atomic E-state index is 12.3. The van der Waals surface area contributed by atoms with E-state index in [9.17, 15) is 9.90 Å². The second kappa shape index (κ2) is 5.85. The highest BCUT2D eigenvalue weighted by Gasteiger charge is 2.39. The molecule has 20 heavy (non-hydrogen) atoms. The van der Waals surface area contributed by atoms with Crippen molar-refractivity contribution < 1.29 is 14.6 Å². The summed E-state index contributed by atoms with van der Waals surface area (Å²) in [6.07, 6.45) is 5.02. The fourth-order valence-electron chi connectivity index (χ4n) is 2.39. The average molecular weight is 279 g/mol. The average Bonchev–Trinajstić information content (AvgIpc) is 2.80. The van der Waals surface area contributed by atoms with Crippen LogP contribution < -0.4 is 0 Å². The predicted molar refractivity (Wildman–Crippen MR) is 72.9 cm³/mol. The normalized spacial score (nSPS) is 23.1. The Bertz CT molecular complexity index is 464. The number of aliphatic hydroxyl groups excluding tert-OH is 1. The van der Waals surface area contributed by atoms with Gasteiger partial charge in [0.25, 0.3) is 5.91 Å². The number of β-amino-alcohol motifs (C(OH)–C–C–N with tert-alkyl or cyclic N) is 1. The first-order valence-corrected chi connectivity index (χ1v) is 6.71. The maximum Gasteiger partial charge on any atom is 0.254 e. The van der Waals surface area contributed by atoms with E-state index in [0.717, 1.165) is 5.69 Å². The number of methoxy groups -OCH3 is 1. The Morgan fingerprint density at radius 1 is 1.50 bits per heavy atom. The zero-order valence-electron chi connectivity index (χ0n) is 12.1. The number of nitrogens with zero attached hydrogens (tertiary/aromatic N) is 3. The van der Waals surface area contributed by atoms with Gasteiger partial charge in [-0.25, -0.2) is 0 Å². The topological polar surface area (TPSA) is 75.5 Å². The summed E-state index contributed by atoms with van der Waals surface area (Å²) in [6, 6.07) is 0. The molecule has 6 heteroatoms. The first kappa shape index (κ1) is 14.9. The van der Waals surface area contributed by atoms with E-state index in [1.54, 1.807) is 37.3 Å². The molecule has 1 aliphatic heterocycles. The molecule has 1 aromatic rings. The Hall–Kier alpha value is -1.53. The number of ether oxygens (including phenoxy) is 1. The molecular weight excluding hydrogens is 258 g/mol. The molecule has 110 valence electrons. The lowest BCUT2D eigenvalue weighted by Gasteiger charge is -2.27. The van der Waals surface area contributed by atoms with Gasteiger partial charge in [-0.3, -0.25) is 14.8 Å².